The maximum Gasteiger partial charge on any atom is 0.150 e. The summed E-state index contributed by atoms with van der Waals surface area (Å²) in [5, 5.41) is 3.69. The molecule has 0 fully saturated rings. The second kappa shape index (κ2) is 6.94. The fraction of sp³-hybridized carbons (Fsp3) is 0.259. The minimum Gasteiger partial charge on any atom is -0.493 e. The van der Waals surface area contributed by atoms with E-state index in [0.29, 0.717) is 6.61 Å². The SMILES string of the molecule is CCOc1cccc2c1-c1ccc3c(c1C(c1ccccc1)O2)C(C)=CC(C)(C)N3. The van der Waals surface area contributed by atoms with Crippen LogP contribution in [0, 0.1) is 0 Å². The zero-order chi connectivity index (χ0) is 20.9. The average Bonchev–Trinajstić information content (AvgIpc) is 2.72. The number of hydrogen-bond acceptors (Lipinski definition) is 3. The third-order valence-electron chi connectivity index (χ3n) is 5.84. The molecule has 0 saturated heterocycles. The largest absolute Gasteiger partial charge is 0.493 e. The Morgan fingerprint density at radius 1 is 0.967 bits per heavy atom. The van der Waals surface area contributed by atoms with Crippen LogP contribution in [0.4, 0.5) is 5.69 Å². The van der Waals surface area contributed by atoms with Gasteiger partial charge in [-0.1, -0.05) is 48.5 Å². The van der Waals surface area contributed by atoms with Gasteiger partial charge in [0.25, 0.3) is 0 Å². The maximum absolute atomic E-state index is 6.66. The summed E-state index contributed by atoms with van der Waals surface area (Å²) in [6, 6.07) is 21.0. The van der Waals surface area contributed by atoms with E-state index in [0.717, 1.165) is 28.3 Å². The van der Waals surface area contributed by atoms with Crippen molar-refractivity contribution in [2.45, 2.75) is 39.3 Å². The Bertz CT molecular complexity index is 1150. The van der Waals surface area contributed by atoms with Crippen LogP contribution < -0.4 is 14.8 Å². The molecule has 1 N–H and O–H groups in total. The van der Waals surface area contributed by atoms with Gasteiger partial charge < -0.3 is 14.8 Å². The first-order valence-electron chi connectivity index (χ1n) is 10.6. The molecule has 2 heterocycles. The van der Waals surface area contributed by atoms with Crippen molar-refractivity contribution in [3.05, 3.63) is 83.4 Å². The fourth-order valence-corrected chi connectivity index (χ4v) is 4.83. The van der Waals surface area contributed by atoms with Crippen molar-refractivity contribution in [3.8, 4) is 22.6 Å². The normalized spacial score (nSPS) is 18.1. The predicted octanol–water partition coefficient (Wildman–Crippen LogP) is 6.84. The molecule has 3 heteroatoms. The number of hydrogen-bond donors (Lipinski definition) is 1. The lowest BCUT2D eigenvalue weighted by molar-refractivity contribution is 0.241. The minimum atomic E-state index is -0.174. The number of allylic oxidation sites excluding steroid dienone is 1. The van der Waals surface area contributed by atoms with Gasteiger partial charge in [0.2, 0.25) is 0 Å². The van der Waals surface area contributed by atoms with Crippen LogP contribution in [0.1, 0.15) is 50.5 Å². The average molecular weight is 398 g/mol. The smallest absolute Gasteiger partial charge is 0.150 e. The van der Waals surface area contributed by atoms with Gasteiger partial charge in [0.15, 0.2) is 6.10 Å². The van der Waals surface area contributed by atoms with E-state index >= 15 is 0 Å². The lowest BCUT2D eigenvalue weighted by Gasteiger charge is -2.37. The summed E-state index contributed by atoms with van der Waals surface area (Å²) in [7, 11) is 0. The molecular weight excluding hydrogens is 370 g/mol. The Morgan fingerprint density at radius 3 is 2.53 bits per heavy atom. The molecule has 152 valence electrons. The van der Waals surface area contributed by atoms with Gasteiger partial charge in [-0.05, 0) is 62.6 Å². The van der Waals surface area contributed by atoms with Gasteiger partial charge in [0.05, 0.1) is 17.7 Å². The molecule has 0 saturated carbocycles. The minimum absolute atomic E-state index is 0.0858. The lowest BCUT2D eigenvalue weighted by atomic mass is 9.80. The number of anilines is 1. The van der Waals surface area contributed by atoms with Gasteiger partial charge in [-0.3, -0.25) is 0 Å². The molecule has 0 amide bonds. The summed E-state index contributed by atoms with van der Waals surface area (Å²) in [6.07, 6.45) is 2.13. The van der Waals surface area contributed by atoms with E-state index in [9.17, 15) is 0 Å². The van der Waals surface area contributed by atoms with Crippen LogP contribution in [0.15, 0.2) is 66.7 Å². The molecular formula is C27H27NO2. The summed E-state index contributed by atoms with van der Waals surface area (Å²) in [6.45, 7) is 9.24. The first-order valence-corrected chi connectivity index (χ1v) is 10.6. The van der Waals surface area contributed by atoms with Crippen molar-refractivity contribution in [2.24, 2.45) is 0 Å². The van der Waals surface area contributed by atoms with Gasteiger partial charge in [-0.2, -0.15) is 0 Å². The summed E-state index contributed by atoms with van der Waals surface area (Å²) in [5.74, 6) is 1.74. The third kappa shape index (κ3) is 2.97. The van der Waals surface area contributed by atoms with Crippen LogP contribution in [0.3, 0.4) is 0 Å². The number of ether oxygens (including phenoxy) is 2. The summed E-state index contributed by atoms with van der Waals surface area (Å²) >= 11 is 0. The Balaban J connectivity index is 1.82. The van der Waals surface area contributed by atoms with E-state index in [1.807, 2.05) is 31.2 Å². The van der Waals surface area contributed by atoms with Gasteiger partial charge >= 0.3 is 0 Å². The van der Waals surface area contributed by atoms with Crippen LogP contribution in [-0.4, -0.2) is 12.1 Å². The van der Waals surface area contributed by atoms with Gasteiger partial charge in [0.1, 0.15) is 11.5 Å². The number of benzene rings is 3. The molecule has 1 unspecified atom stereocenters. The van der Waals surface area contributed by atoms with Crippen LogP contribution in [0.5, 0.6) is 11.5 Å². The second-order valence-electron chi connectivity index (χ2n) is 8.59. The summed E-state index contributed by atoms with van der Waals surface area (Å²) in [5.41, 5.74) is 8.15. The Labute approximate surface area is 178 Å². The van der Waals surface area contributed by atoms with Gasteiger partial charge in [-0.15, -0.1) is 0 Å². The maximum atomic E-state index is 6.66. The number of nitrogens with one attached hydrogen (secondary N) is 1. The van der Waals surface area contributed by atoms with Crippen LogP contribution >= 0.6 is 0 Å². The predicted molar refractivity (Wildman–Crippen MR) is 123 cm³/mol. The van der Waals surface area contributed by atoms with E-state index in [1.165, 1.54) is 22.3 Å². The molecule has 0 spiro atoms. The molecule has 1 atom stereocenters. The molecule has 30 heavy (non-hydrogen) atoms. The van der Waals surface area contributed by atoms with E-state index in [-0.39, 0.29) is 11.6 Å². The van der Waals surface area contributed by atoms with E-state index in [1.54, 1.807) is 0 Å². The molecule has 3 nitrogen and oxygen atoms in total. The highest BCUT2D eigenvalue weighted by atomic mass is 16.5. The van der Waals surface area contributed by atoms with Crippen molar-refractivity contribution in [2.75, 3.05) is 11.9 Å². The van der Waals surface area contributed by atoms with Crippen LogP contribution in [-0.2, 0) is 0 Å². The Hall–Kier alpha value is -3.20. The first kappa shape index (κ1) is 18.8. The van der Waals surface area contributed by atoms with Crippen molar-refractivity contribution in [1.29, 1.82) is 0 Å². The first-order chi connectivity index (χ1) is 14.5. The second-order valence-corrected chi connectivity index (χ2v) is 8.59. The van der Waals surface area contributed by atoms with E-state index in [4.69, 9.17) is 9.47 Å². The Kier molecular flexibility index (Phi) is 4.35. The highest BCUT2D eigenvalue weighted by molar-refractivity contribution is 5.91. The number of fused-ring (bicyclic) bond motifs is 5. The fourth-order valence-electron chi connectivity index (χ4n) is 4.83. The number of rotatable bonds is 3. The van der Waals surface area contributed by atoms with Crippen LogP contribution in [0.2, 0.25) is 0 Å². The standard InChI is InChI=1S/C27H27NO2/c1-5-29-21-12-9-13-22-24(21)19-14-15-20-23(17(2)16-27(3,4)28-20)25(19)26(30-22)18-10-7-6-8-11-18/h6-16,26,28H,5H2,1-4H3. The zero-order valence-electron chi connectivity index (χ0n) is 18.0. The van der Waals surface area contributed by atoms with E-state index in [2.05, 4.69) is 68.6 Å². The molecule has 2 aliphatic rings. The van der Waals surface area contributed by atoms with Gasteiger partial charge in [0, 0.05) is 16.8 Å². The molecule has 2 aliphatic heterocycles. The molecule has 5 rings (SSSR count). The quantitative estimate of drug-likeness (QED) is 0.525. The van der Waals surface area contributed by atoms with Crippen molar-refractivity contribution in [3.63, 3.8) is 0 Å². The molecule has 0 bridgehead atoms. The molecule has 3 aromatic rings. The van der Waals surface area contributed by atoms with Gasteiger partial charge in [-0.25, -0.2) is 0 Å². The lowest BCUT2D eigenvalue weighted by Crippen LogP contribution is -2.32. The molecule has 0 aliphatic carbocycles. The van der Waals surface area contributed by atoms with Crippen molar-refractivity contribution < 1.29 is 9.47 Å². The topological polar surface area (TPSA) is 30.5 Å². The zero-order valence-corrected chi connectivity index (χ0v) is 18.0. The Morgan fingerprint density at radius 2 is 1.77 bits per heavy atom. The van der Waals surface area contributed by atoms with Crippen molar-refractivity contribution >= 4 is 11.3 Å². The highest BCUT2D eigenvalue weighted by Crippen LogP contribution is 2.53. The summed E-state index contributed by atoms with van der Waals surface area (Å²) < 4.78 is 12.7. The molecule has 3 aromatic carbocycles. The molecule has 0 aromatic heterocycles. The highest BCUT2D eigenvalue weighted by Gasteiger charge is 2.35. The van der Waals surface area contributed by atoms with Crippen molar-refractivity contribution in [1.82, 2.24) is 0 Å². The van der Waals surface area contributed by atoms with Crippen LogP contribution in [0.25, 0.3) is 16.7 Å². The monoisotopic (exact) mass is 397 g/mol. The molecule has 0 radical (unpaired) electrons. The third-order valence-corrected chi connectivity index (χ3v) is 5.84. The summed E-state index contributed by atoms with van der Waals surface area (Å²) in [4.78, 5) is 0. The van der Waals surface area contributed by atoms with E-state index < -0.39 is 0 Å².